The number of hydrogen-bond donors (Lipinski definition) is 0. The first kappa shape index (κ1) is 14.3. The monoisotopic (exact) mass is 337 g/mol. The van der Waals surface area contributed by atoms with Crippen molar-refractivity contribution in [2.24, 2.45) is 0 Å². The van der Waals surface area contributed by atoms with Crippen molar-refractivity contribution in [3.8, 4) is 11.5 Å². The predicted molar refractivity (Wildman–Crippen MR) is 84.7 cm³/mol. The lowest BCUT2D eigenvalue weighted by molar-refractivity contribution is 0.0558. The van der Waals surface area contributed by atoms with E-state index < -0.39 is 0 Å². The highest BCUT2D eigenvalue weighted by Crippen LogP contribution is 2.40. The van der Waals surface area contributed by atoms with Crippen molar-refractivity contribution < 1.29 is 13.8 Å². The lowest BCUT2D eigenvalue weighted by atomic mass is 9.99. The molecule has 1 aliphatic carbocycles. The quantitative estimate of drug-likeness (QED) is 0.720. The van der Waals surface area contributed by atoms with Crippen LogP contribution < -0.4 is 0 Å². The van der Waals surface area contributed by atoms with Crippen LogP contribution in [0.5, 0.6) is 0 Å². The summed E-state index contributed by atoms with van der Waals surface area (Å²) in [5, 5.41) is 7.86. The highest BCUT2D eigenvalue weighted by molar-refractivity contribution is 5.93. The molecule has 25 heavy (non-hydrogen) atoms. The molecular weight excluding hydrogens is 322 g/mol. The van der Waals surface area contributed by atoms with Crippen molar-refractivity contribution in [3.05, 3.63) is 47.8 Å². The number of carbonyl (C=O) groups excluding carboxylic acids is 1. The third-order valence-corrected chi connectivity index (χ3v) is 4.58. The van der Waals surface area contributed by atoms with Gasteiger partial charge in [0.2, 0.25) is 11.7 Å². The van der Waals surface area contributed by atoms with E-state index in [2.05, 4.69) is 20.3 Å². The summed E-state index contributed by atoms with van der Waals surface area (Å²) in [7, 11) is 0. The van der Waals surface area contributed by atoms with Crippen molar-refractivity contribution in [3.63, 3.8) is 0 Å². The summed E-state index contributed by atoms with van der Waals surface area (Å²) in [6.07, 6.45) is 3.91. The van der Waals surface area contributed by atoms with Gasteiger partial charge in [0, 0.05) is 31.3 Å². The highest BCUT2D eigenvalue weighted by atomic mass is 16.5. The van der Waals surface area contributed by atoms with E-state index >= 15 is 0 Å². The van der Waals surface area contributed by atoms with Crippen molar-refractivity contribution >= 4 is 5.91 Å². The minimum absolute atomic E-state index is 0.0451. The van der Waals surface area contributed by atoms with Gasteiger partial charge in [0.05, 0.1) is 5.92 Å². The molecule has 0 bridgehead atoms. The van der Waals surface area contributed by atoms with Crippen LogP contribution in [-0.4, -0.2) is 44.2 Å². The van der Waals surface area contributed by atoms with E-state index in [1.54, 1.807) is 17.2 Å². The maximum absolute atomic E-state index is 12.4. The highest BCUT2D eigenvalue weighted by Gasteiger charge is 2.38. The molecule has 3 aromatic heterocycles. The van der Waals surface area contributed by atoms with Gasteiger partial charge in [-0.25, -0.2) is 0 Å². The average molecular weight is 337 g/mol. The van der Waals surface area contributed by atoms with Gasteiger partial charge in [0.25, 0.3) is 5.91 Å². The normalized spacial score (nSPS) is 17.5. The number of rotatable bonds is 4. The molecule has 2 fully saturated rings. The Morgan fingerprint density at radius 3 is 2.76 bits per heavy atom. The van der Waals surface area contributed by atoms with Crippen LogP contribution in [0.15, 0.2) is 39.5 Å². The zero-order chi connectivity index (χ0) is 16.8. The summed E-state index contributed by atoms with van der Waals surface area (Å²) in [6.45, 7) is 1.07. The zero-order valence-corrected chi connectivity index (χ0v) is 13.3. The van der Waals surface area contributed by atoms with E-state index in [4.69, 9.17) is 9.05 Å². The minimum Gasteiger partial charge on any atom is -0.360 e. The fourth-order valence-corrected chi connectivity index (χ4v) is 2.91. The molecule has 8 heteroatoms. The number of likely N-dealkylation sites (tertiary alicyclic amines) is 1. The van der Waals surface area contributed by atoms with Gasteiger partial charge < -0.3 is 13.9 Å². The smallest absolute Gasteiger partial charge is 0.276 e. The maximum atomic E-state index is 12.4. The molecule has 0 atom stereocenters. The van der Waals surface area contributed by atoms with Crippen LogP contribution in [0.1, 0.15) is 46.8 Å². The van der Waals surface area contributed by atoms with Gasteiger partial charge in [0.15, 0.2) is 5.69 Å². The summed E-state index contributed by atoms with van der Waals surface area (Å²) in [5.74, 6) is 2.19. The number of carbonyl (C=O) groups is 1. The lowest BCUT2D eigenvalue weighted by Crippen LogP contribution is -2.48. The van der Waals surface area contributed by atoms with E-state index in [9.17, 15) is 4.79 Å². The summed E-state index contributed by atoms with van der Waals surface area (Å²) in [6, 6.07) is 7.29. The Hall–Kier alpha value is -3.03. The molecule has 3 aromatic rings. The Balaban J connectivity index is 1.24. The van der Waals surface area contributed by atoms with Gasteiger partial charge in [-0.1, -0.05) is 16.4 Å². The zero-order valence-electron chi connectivity index (χ0n) is 13.3. The Morgan fingerprint density at radius 1 is 1.12 bits per heavy atom. The van der Waals surface area contributed by atoms with Crippen LogP contribution in [0.25, 0.3) is 11.5 Å². The van der Waals surface area contributed by atoms with E-state index in [-0.39, 0.29) is 11.8 Å². The molecule has 4 heterocycles. The summed E-state index contributed by atoms with van der Waals surface area (Å²) >= 11 is 0. The molecule has 1 amide bonds. The van der Waals surface area contributed by atoms with Crippen molar-refractivity contribution in [2.75, 3.05) is 13.1 Å². The molecule has 0 N–H and O–H groups in total. The number of pyridine rings is 1. The fourth-order valence-electron chi connectivity index (χ4n) is 2.91. The molecule has 0 unspecified atom stereocenters. The van der Waals surface area contributed by atoms with Crippen molar-refractivity contribution in [2.45, 2.75) is 24.7 Å². The standard InChI is InChI=1S/C17H15N5O3/c23-17(13-7-14(24-20-13)10-4-5-10)22-8-11(9-22)16-19-15(21-25-16)12-3-1-2-6-18-12/h1-3,6-7,10-11H,4-5,8-9H2. The van der Waals surface area contributed by atoms with E-state index in [0.717, 1.165) is 18.6 Å². The van der Waals surface area contributed by atoms with Crippen LogP contribution in [0, 0.1) is 0 Å². The summed E-state index contributed by atoms with van der Waals surface area (Å²) in [4.78, 5) is 22.7. The predicted octanol–water partition coefficient (Wildman–Crippen LogP) is 2.24. The minimum atomic E-state index is -0.114. The summed E-state index contributed by atoms with van der Waals surface area (Å²) in [5.41, 5.74) is 1.04. The van der Waals surface area contributed by atoms with Crippen LogP contribution in [0.4, 0.5) is 0 Å². The SMILES string of the molecule is O=C(c1cc(C2CC2)on1)N1CC(c2nc(-c3ccccn3)no2)C1. The number of aromatic nitrogens is 4. The van der Waals surface area contributed by atoms with Gasteiger partial charge in [-0.05, 0) is 25.0 Å². The molecule has 8 nitrogen and oxygen atoms in total. The first-order valence-corrected chi connectivity index (χ1v) is 8.29. The molecule has 126 valence electrons. The van der Waals surface area contributed by atoms with Crippen molar-refractivity contribution in [1.29, 1.82) is 0 Å². The van der Waals surface area contributed by atoms with E-state index in [1.807, 2.05) is 18.2 Å². The molecule has 0 spiro atoms. The van der Waals surface area contributed by atoms with Crippen LogP contribution in [0.3, 0.4) is 0 Å². The second-order valence-corrected chi connectivity index (χ2v) is 6.47. The molecule has 1 saturated carbocycles. The van der Waals surface area contributed by atoms with Gasteiger partial charge in [0.1, 0.15) is 11.5 Å². The molecule has 0 radical (unpaired) electrons. The van der Waals surface area contributed by atoms with E-state index in [0.29, 0.717) is 42.1 Å². The Morgan fingerprint density at radius 2 is 2.00 bits per heavy atom. The van der Waals surface area contributed by atoms with Gasteiger partial charge in [-0.2, -0.15) is 4.98 Å². The average Bonchev–Trinajstić information content (AvgIpc) is 3.14. The first-order chi connectivity index (χ1) is 12.3. The molecule has 2 aliphatic rings. The largest absolute Gasteiger partial charge is 0.360 e. The van der Waals surface area contributed by atoms with Gasteiger partial charge in [-0.15, -0.1) is 0 Å². The van der Waals surface area contributed by atoms with Gasteiger partial charge >= 0.3 is 0 Å². The summed E-state index contributed by atoms with van der Waals surface area (Å²) < 4.78 is 10.6. The third-order valence-electron chi connectivity index (χ3n) is 4.58. The van der Waals surface area contributed by atoms with Crippen LogP contribution in [0.2, 0.25) is 0 Å². The number of hydrogen-bond acceptors (Lipinski definition) is 7. The Labute approximate surface area is 142 Å². The molecule has 1 aliphatic heterocycles. The van der Waals surface area contributed by atoms with Crippen LogP contribution in [-0.2, 0) is 0 Å². The Kier molecular flexibility index (Phi) is 3.16. The molecule has 1 saturated heterocycles. The maximum Gasteiger partial charge on any atom is 0.276 e. The second-order valence-electron chi connectivity index (χ2n) is 6.47. The van der Waals surface area contributed by atoms with Crippen LogP contribution >= 0.6 is 0 Å². The van der Waals surface area contributed by atoms with E-state index in [1.165, 1.54) is 0 Å². The fraction of sp³-hybridized carbons (Fsp3) is 0.353. The third kappa shape index (κ3) is 2.59. The number of amides is 1. The second kappa shape index (κ2) is 5.51. The Bertz CT molecular complexity index is 909. The lowest BCUT2D eigenvalue weighted by Gasteiger charge is -2.36. The number of nitrogens with zero attached hydrogens (tertiary/aromatic N) is 5. The molecule has 5 rings (SSSR count). The molecular formula is C17H15N5O3. The topological polar surface area (TPSA) is 98.2 Å². The molecule has 0 aromatic carbocycles. The van der Waals surface area contributed by atoms with Gasteiger partial charge in [-0.3, -0.25) is 9.78 Å². The van der Waals surface area contributed by atoms with Crippen molar-refractivity contribution in [1.82, 2.24) is 25.2 Å². The first-order valence-electron chi connectivity index (χ1n) is 8.29.